The van der Waals surface area contributed by atoms with Gasteiger partial charge in [0.2, 0.25) is 0 Å². The molecule has 3 nitrogen and oxygen atoms in total. The number of hydrogen-bond acceptors (Lipinski definition) is 2. The van der Waals surface area contributed by atoms with Crippen molar-refractivity contribution in [3.63, 3.8) is 0 Å². The molecule has 0 aromatic rings. The number of alkyl carbamates (subject to hydrolysis) is 1. The van der Waals surface area contributed by atoms with Crippen LogP contribution in [0.3, 0.4) is 0 Å². The first-order valence-electron chi connectivity index (χ1n) is 7.13. The maximum Gasteiger partial charge on any atom is 0.407 e. The van der Waals surface area contributed by atoms with Crippen LogP contribution in [-0.4, -0.2) is 17.7 Å². The van der Waals surface area contributed by atoms with Crippen molar-refractivity contribution in [3.05, 3.63) is 0 Å². The molecule has 0 saturated carbocycles. The molecular formula is C15H31NO2. The molecule has 0 spiro atoms. The summed E-state index contributed by atoms with van der Waals surface area (Å²) >= 11 is 0. The molecule has 2 atom stereocenters. The lowest BCUT2D eigenvalue weighted by Gasteiger charge is -2.26. The zero-order chi connectivity index (χ0) is 14.3. The molecule has 0 radical (unpaired) electrons. The maximum absolute atomic E-state index is 11.8. The summed E-state index contributed by atoms with van der Waals surface area (Å²) in [5, 5.41) is 3.01. The maximum atomic E-state index is 11.8. The number of ether oxygens (including phenoxy) is 1. The SMILES string of the molecule is CCC(C)CC(CC(C)C)NC(=O)OC(C)(C)C. The first-order valence-corrected chi connectivity index (χ1v) is 7.13. The minimum absolute atomic E-state index is 0.217. The first-order chi connectivity index (χ1) is 8.14. The molecule has 1 N–H and O–H groups in total. The van der Waals surface area contributed by atoms with Crippen molar-refractivity contribution in [2.24, 2.45) is 11.8 Å². The predicted octanol–water partition coefficient (Wildman–Crippen LogP) is 4.36. The molecule has 0 fully saturated rings. The monoisotopic (exact) mass is 257 g/mol. The normalized spacial score (nSPS) is 15.3. The zero-order valence-electron chi connectivity index (χ0n) is 13.2. The van der Waals surface area contributed by atoms with Gasteiger partial charge in [-0.3, -0.25) is 0 Å². The molecule has 1 amide bonds. The van der Waals surface area contributed by atoms with Crippen molar-refractivity contribution in [1.82, 2.24) is 5.32 Å². The molecule has 0 rings (SSSR count). The summed E-state index contributed by atoms with van der Waals surface area (Å²) in [6.07, 6.45) is 2.87. The van der Waals surface area contributed by atoms with Gasteiger partial charge in [0.05, 0.1) is 0 Å². The van der Waals surface area contributed by atoms with Gasteiger partial charge in [0.1, 0.15) is 5.60 Å². The number of nitrogens with one attached hydrogen (secondary N) is 1. The Hall–Kier alpha value is -0.730. The van der Waals surface area contributed by atoms with E-state index in [2.05, 4.69) is 33.0 Å². The van der Waals surface area contributed by atoms with E-state index < -0.39 is 5.60 Å². The van der Waals surface area contributed by atoms with E-state index in [0.29, 0.717) is 11.8 Å². The number of rotatable bonds is 6. The van der Waals surface area contributed by atoms with E-state index in [4.69, 9.17) is 4.74 Å². The summed E-state index contributed by atoms with van der Waals surface area (Å²) in [4.78, 5) is 11.8. The number of amides is 1. The van der Waals surface area contributed by atoms with Gasteiger partial charge in [-0.1, -0.05) is 34.1 Å². The van der Waals surface area contributed by atoms with Crippen LogP contribution in [0, 0.1) is 11.8 Å². The quantitative estimate of drug-likeness (QED) is 0.767. The minimum atomic E-state index is -0.428. The van der Waals surface area contributed by atoms with Gasteiger partial charge in [-0.15, -0.1) is 0 Å². The van der Waals surface area contributed by atoms with Crippen LogP contribution in [0.2, 0.25) is 0 Å². The molecule has 0 heterocycles. The first kappa shape index (κ1) is 17.3. The minimum Gasteiger partial charge on any atom is -0.444 e. The van der Waals surface area contributed by atoms with Gasteiger partial charge in [0, 0.05) is 6.04 Å². The molecule has 0 aliphatic heterocycles. The lowest BCUT2D eigenvalue weighted by molar-refractivity contribution is 0.0491. The van der Waals surface area contributed by atoms with Gasteiger partial charge in [0.15, 0.2) is 0 Å². The molecule has 108 valence electrons. The zero-order valence-corrected chi connectivity index (χ0v) is 13.2. The van der Waals surface area contributed by atoms with E-state index in [1.54, 1.807) is 0 Å². The van der Waals surface area contributed by atoms with Gasteiger partial charge >= 0.3 is 6.09 Å². The molecule has 0 aromatic carbocycles. The Labute approximate surface area is 113 Å². The third kappa shape index (κ3) is 9.32. The third-order valence-electron chi connectivity index (χ3n) is 2.86. The Morgan fingerprint density at radius 3 is 2.11 bits per heavy atom. The van der Waals surface area contributed by atoms with Crippen LogP contribution in [0.5, 0.6) is 0 Å². The average Bonchev–Trinajstić information content (AvgIpc) is 2.12. The molecule has 0 aliphatic rings. The van der Waals surface area contributed by atoms with Gasteiger partial charge in [-0.2, -0.15) is 0 Å². The second-order valence-corrected chi connectivity index (χ2v) is 6.72. The van der Waals surface area contributed by atoms with Crippen LogP contribution in [0.15, 0.2) is 0 Å². The lowest BCUT2D eigenvalue weighted by atomic mass is 9.93. The molecule has 3 heteroatoms. The number of carbonyl (C=O) groups excluding carboxylic acids is 1. The summed E-state index contributed by atoms with van der Waals surface area (Å²) in [7, 11) is 0. The van der Waals surface area contributed by atoms with E-state index in [0.717, 1.165) is 19.3 Å². The molecule has 18 heavy (non-hydrogen) atoms. The predicted molar refractivity (Wildman–Crippen MR) is 76.7 cm³/mol. The summed E-state index contributed by atoms with van der Waals surface area (Å²) in [5.41, 5.74) is -0.428. The molecule has 0 aromatic heterocycles. The standard InChI is InChI=1S/C15H31NO2/c1-8-12(4)10-13(9-11(2)3)16-14(17)18-15(5,6)7/h11-13H,8-10H2,1-7H3,(H,16,17). The second-order valence-electron chi connectivity index (χ2n) is 6.72. The summed E-state index contributed by atoms with van der Waals surface area (Å²) < 4.78 is 5.31. The van der Waals surface area contributed by atoms with Gasteiger partial charge in [-0.05, 0) is 45.4 Å². The van der Waals surface area contributed by atoms with Crippen molar-refractivity contribution < 1.29 is 9.53 Å². The van der Waals surface area contributed by atoms with Crippen molar-refractivity contribution in [3.8, 4) is 0 Å². The summed E-state index contributed by atoms with van der Waals surface area (Å²) in [6, 6.07) is 0.217. The topological polar surface area (TPSA) is 38.3 Å². The fourth-order valence-corrected chi connectivity index (χ4v) is 1.91. The smallest absolute Gasteiger partial charge is 0.407 e. The fourth-order valence-electron chi connectivity index (χ4n) is 1.91. The van der Waals surface area contributed by atoms with E-state index in [-0.39, 0.29) is 12.1 Å². The van der Waals surface area contributed by atoms with Crippen molar-refractivity contribution in [1.29, 1.82) is 0 Å². The third-order valence-corrected chi connectivity index (χ3v) is 2.86. The largest absolute Gasteiger partial charge is 0.444 e. The fraction of sp³-hybridized carbons (Fsp3) is 0.933. The summed E-state index contributed by atoms with van der Waals surface area (Å²) in [6.45, 7) is 14.4. The summed E-state index contributed by atoms with van der Waals surface area (Å²) in [5.74, 6) is 1.21. The molecular weight excluding hydrogens is 226 g/mol. The molecule has 0 saturated heterocycles. The van der Waals surface area contributed by atoms with E-state index in [1.807, 2.05) is 20.8 Å². The van der Waals surface area contributed by atoms with E-state index >= 15 is 0 Å². The Morgan fingerprint density at radius 1 is 1.17 bits per heavy atom. The van der Waals surface area contributed by atoms with Gasteiger partial charge in [0.25, 0.3) is 0 Å². The highest BCUT2D eigenvalue weighted by Gasteiger charge is 2.21. The van der Waals surface area contributed by atoms with Crippen molar-refractivity contribution in [2.75, 3.05) is 0 Å². The van der Waals surface area contributed by atoms with Crippen LogP contribution < -0.4 is 5.32 Å². The van der Waals surface area contributed by atoms with Gasteiger partial charge in [-0.25, -0.2) is 4.79 Å². The average molecular weight is 257 g/mol. The Kier molecular flexibility index (Phi) is 7.34. The molecule has 2 unspecified atom stereocenters. The highest BCUT2D eigenvalue weighted by molar-refractivity contribution is 5.68. The van der Waals surface area contributed by atoms with Crippen LogP contribution in [0.1, 0.15) is 67.7 Å². The highest BCUT2D eigenvalue weighted by Crippen LogP contribution is 2.17. The number of carbonyl (C=O) groups is 1. The molecule has 0 aliphatic carbocycles. The van der Waals surface area contributed by atoms with Gasteiger partial charge < -0.3 is 10.1 Å². The van der Waals surface area contributed by atoms with Crippen LogP contribution in [0.25, 0.3) is 0 Å². The molecule has 0 bridgehead atoms. The Bertz CT molecular complexity index is 243. The van der Waals surface area contributed by atoms with Crippen LogP contribution in [-0.2, 0) is 4.74 Å². The van der Waals surface area contributed by atoms with Crippen LogP contribution in [0.4, 0.5) is 4.79 Å². The van der Waals surface area contributed by atoms with Crippen molar-refractivity contribution in [2.45, 2.75) is 79.4 Å². The Balaban J connectivity index is 4.35. The van der Waals surface area contributed by atoms with Crippen molar-refractivity contribution >= 4 is 6.09 Å². The number of hydrogen-bond donors (Lipinski definition) is 1. The van der Waals surface area contributed by atoms with E-state index in [9.17, 15) is 4.79 Å². The Morgan fingerprint density at radius 2 is 1.72 bits per heavy atom. The van der Waals surface area contributed by atoms with Crippen LogP contribution >= 0.6 is 0 Å². The second kappa shape index (κ2) is 7.65. The van der Waals surface area contributed by atoms with E-state index in [1.165, 1.54) is 0 Å². The highest BCUT2D eigenvalue weighted by atomic mass is 16.6. The lowest BCUT2D eigenvalue weighted by Crippen LogP contribution is -2.40.